The summed E-state index contributed by atoms with van der Waals surface area (Å²) in [5.74, 6) is -0.880. The van der Waals surface area contributed by atoms with Gasteiger partial charge in [-0.05, 0) is 48.6 Å². The van der Waals surface area contributed by atoms with E-state index in [4.69, 9.17) is 5.73 Å². The maximum absolute atomic E-state index is 13.4. The Bertz CT molecular complexity index is 1070. The third kappa shape index (κ3) is 1.84. The molecule has 3 aliphatic rings. The molecule has 132 valence electrons. The first kappa shape index (κ1) is 17.3. The number of nitriles is 3. The van der Waals surface area contributed by atoms with Crippen LogP contribution in [0.25, 0.3) is 0 Å². The number of hydrogen-bond acceptors (Lipinski definition) is 5. The predicted molar refractivity (Wildman–Crippen MR) is 100 cm³/mol. The molecule has 0 fully saturated rings. The second-order valence-corrected chi connectivity index (χ2v) is 7.88. The number of carbonyl (C=O) groups is 1. The summed E-state index contributed by atoms with van der Waals surface area (Å²) in [6.45, 7) is 0. The van der Waals surface area contributed by atoms with Gasteiger partial charge in [-0.15, -0.1) is 0 Å². The fourth-order valence-corrected chi connectivity index (χ4v) is 5.26. The van der Waals surface area contributed by atoms with Gasteiger partial charge in [0.15, 0.2) is 5.41 Å². The molecular weight excluding hydrogens is 406 g/mol. The zero-order chi connectivity index (χ0) is 19.4. The minimum Gasteiger partial charge on any atom is -0.398 e. The highest BCUT2D eigenvalue weighted by Gasteiger charge is 2.71. The van der Waals surface area contributed by atoms with Crippen molar-refractivity contribution in [1.29, 1.82) is 15.8 Å². The van der Waals surface area contributed by atoms with Crippen molar-refractivity contribution in [3.8, 4) is 18.2 Å². The summed E-state index contributed by atoms with van der Waals surface area (Å²) in [4.78, 5) is 13.4. The molecule has 0 bridgehead atoms. The van der Waals surface area contributed by atoms with Crippen LogP contribution in [0.15, 0.2) is 45.6 Å². The summed E-state index contributed by atoms with van der Waals surface area (Å²) in [5.41, 5.74) is 4.58. The van der Waals surface area contributed by atoms with Crippen molar-refractivity contribution < 1.29 is 4.79 Å². The Labute approximate surface area is 164 Å². The van der Waals surface area contributed by atoms with Crippen LogP contribution in [0.3, 0.4) is 0 Å². The molecule has 3 N–H and O–H groups in total. The third-order valence-electron chi connectivity index (χ3n) is 5.97. The first-order valence-electron chi connectivity index (χ1n) is 8.52. The van der Waals surface area contributed by atoms with Gasteiger partial charge in [-0.3, -0.25) is 4.79 Å². The maximum Gasteiger partial charge on any atom is 0.238 e. The van der Waals surface area contributed by atoms with Crippen LogP contribution in [0.2, 0.25) is 0 Å². The molecule has 7 heteroatoms. The molecule has 4 rings (SSSR count). The second-order valence-electron chi connectivity index (χ2n) is 6.97. The molecule has 1 aromatic carbocycles. The Kier molecular flexibility index (Phi) is 3.67. The zero-order valence-electron chi connectivity index (χ0n) is 14.2. The number of halogens is 1. The van der Waals surface area contributed by atoms with Crippen molar-refractivity contribution in [1.82, 2.24) is 0 Å². The van der Waals surface area contributed by atoms with Crippen molar-refractivity contribution in [3.63, 3.8) is 0 Å². The highest BCUT2D eigenvalue weighted by atomic mass is 79.9. The van der Waals surface area contributed by atoms with Gasteiger partial charge in [0.2, 0.25) is 5.91 Å². The van der Waals surface area contributed by atoms with E-state index in [2.05, 4.69) is 21.2 Å². The molecule has 0 aromatic heterocycles. The predicted octanol–water partition coefficient (Wildman–Crippen LogP) is 3.15. The first-order valence-corrected chi connectivity index (χ1v) is 9.32. The summed E-state index contributed by atoms with van der Waals surface area (Å²) in [6, 6.07) is 11.3. The minimum atomic E-state index is -2.00. The molecule has 1 heterocycles. The molecular formula is C20H14BrN5O. The molecule has 6 nitrogen and oxygen atoms in total. The second kappa shape index (κ2) is 5.71. The van der Waals surface area contributed by atoms with E-state index in [1.54, 1.807) is 18.2 Å². The Morgan fingerprint density at radius 2 is 2.00 bits per heavy atom. The van der Waals surface area contributed by atoms with E-state index in [0.717, 1.165) is 17.3 Å². The number of fused-ring (bicyclic) bond motifs is 4. The van der Waals surface area contributed by atoms with Crippen LogP contribution in [0, 0.1) is 45.3 Å². The molecule has 1 aromatic rings. The molecule has 2 atom stereocenters. The van der Waals surface area contributed by atoms with Gasteiger partial charge in [0.1, 0.15) is 5.41 Å². The van der Waals surface area contributed by atoms with Gasteiger partial charge in [0.05, 0.1) is 29.5 Å². The SMILES string of the molecule is N#CC1=C(N)C2=CCCCC2C2(C(=O)Nc3ccc(Br)cc32)C1(C#N)C#N. The smallest absolute Gasteiger partial charge is 0.238 e. The lowest BCUT2D eigenvalue weighted by Gasteiger charge is -2.49. The van der Waals surface area contributed by atoms with Crippen LogP contribution >= 0.6 is 15.9 Å². The average molecular weight is 420 g/mol. The van der Waals surface area contributed by atoms with Gasteiger partial charge in [-0.1, -0.05) is 22.0 Å². The molecule has 2 aliphatic carbocycles. The van der Waals surface area contributed by atoms with Crippen molar-refractivity contribution in [3.05, 3.63) is 51.2 Å². The number of rotatable bonds is 0. The number of nitrogens with zero attached hydrogens (tertiary/aromatic N) is 3. The molecule has 27 heavy (non-hydrogen) atoms. The zero-order valence-corrected chi connectivity index (χ0v) is 15.8. The van der Waals surface area contributed by atoms with Crippen molar-refractivity contribution in [2.24, 2.45) is 17.1 Å². The van der Waals surface area contributed by atoms with Gasteiger partial charge in [0.25, 0.3) is 0 Å². The van der Waals surface area contributed by atoms with Crippen LogP contribution in [0.1, 0.15) is 24.8 Å². The molecule has 0 saturated carbocycles. The largest absolute Gasteiger partial charge is 0.398 e. The first-order chi connectivity index (χ1) is 13.0. The number of nitrogens with one attached hydrogen (secondary N) is 1. The number of amides is 1. The van der Waals surface area contributed by atoms with E-state index in [1.165, 1.54) is 0 Å². The molecule has 1 amide bonds. The van der Waals surface area contributed by atoms with E-state index in [1.807, 2.05) is 24.3 Å². The number of carbonyl (C=O) groups excluding carboxylic acids is 1. The lowest BCUT2D eigenvalue weighted by Crippen LogP contribution is -2.59. The number of allylic oxidation sites excluding steroid dienone is 3. The van der Waals surface area contributed by atoms with Crippen LogP contribution in [-0.2, 0) is 10.2 Å². The van der Waals surface area contributed by atoms with Gasteiger partial charge in [0, 0.05) is 16.1 Å². The van der Waals surface area contributed by atoms with Crippen LogP contribution < -0.4 is 11.1 Å². The summed E-state index contributed by atoms with van der Waals surface area (Å²) in [5, 5.41) is 33.0. The number of hydrogen-bond donors (Lipinski definition) is 2. The standard InChI is InChI=1S/C20H14BrN5O/c21-11-5-6-16-14(7-11)20(18(27)26-16)13-4-2-1-3-12(13)17(25)15(8-22)19(20,9-23)10-24/h3,5-7,13H,1-2,4,25H2,(H,26,27). The Hall–Kier alpha value is -3.08. The molecule has 0 radical (unpaired) electrons. The van der Waals surface area contributed by atoms with Gasteiger partial charge in [-0.25, -0.2) is 0 Å². The van der Waals surface area contributed by atoms with E-state index in [9.17, 15) is 20.6 Å². The quantitative estimate of drug-likeness (QED) is 0.667. The summed E-state index contributed by atoms with van der Waals surface area (Å²) >= 11 is 3.43. The van der Waals surface area contributed by atoms with Crippen LogP contribution in [0.5, 0.6) is 0 Å². The van der Waals surface area contributed by atoms with E-state index >= 15 is 0 Å². The van der Waals surface area contributed by atoms with Gasteiger partial charge < -0.3 is 11.1 Å². The van der Waals surface area contributed by atoms with Gasteiger partial charge in [-0.2, -0.15) is 15.8 Å². The van der Waals surface area contributed by atoms with Crippen LogP contribution in [0.4, 0.5) is 5.69 Å². The molecule has 1 aliphatic heterocycles. The normalized spacial score (nSPS) is 27.6. The lowest BCUT2D eigenvalue weighted by atomic mass is 9.47. The maximum atomic E-state index is 13.4. The number of benzene rings is 1. The van der Waals surface area contributed by atoms with E-state index in [-0.39, 0.29) is 11.3 Å². The minimum absolute atomic E-state index is 0.139. The Morgan fingerprint density at radius 3 is 2.67 bits per heavy atom. The molecule has 2 unspecified atom stereocenters. The third-order valence-corrected chi connectivity index (χ3v) is 6.46. The highest BCUT2D eigenvalue weighted by Crippen LogP contribution is 2.63. The summed E-state index contributed by atoms with van der Waals surface area (Å²) in [7, 11) is 0. The number of anilines is 1. The fourth-order valence-electron chi connectivity index (χ4n) is 4.90. The van der Waals surface area contributed by atoms with Crippen molar-refractivity contribution >= 4 is 27.5 Å². The van der Waals surface area contributed by atoms with Gasteiger partial charge >= 0.3 is 0 Å². The molecule has 0 saturated heterocycles. The fraction of sp³-hybridized carbons (Fsp3) is 0.300. The Balaban J connectivity index is 2.22. The number of nitrogens with two attached hydrogens (primary N) is 1. The monoisotopic (exact) mass is 419 g/mol. The summed E-state index contributed by atoms with van der Waals surface area (Å²) in [6.07, 6.45) is 4.13. The van der Waals surface area contributed by atoms with E-state index < -0.39 is 22.7 Å². The van der Waals surface area contributed by atoms with Crippen molar-refractivity contribution in [2.75, 3.05) is 5.32 Å². The summed E-state index contributed by atoms with van der Waals surface area (Å²) < 4.78 is 0.726. The average Bonchev–Trinajstić information content (AvgIpc) is 2.97. The van der Waals surface area contributed by atoms with Crippen LogP contribution in [-0.4, -0.2) is 5.91 Å². The lowest BCUT2D eigenvalue weighted by molar-refractivity contribution is -0.125. The molecule has 1 spiro atoms. The van der Waals surface area contributed by atoms with Crippen molar-refractivity contribution in [2.45, 2.75) is 24.7 Å². The topological polar surface area (TPSA) is 126 Å². The van der Waals surface area contributed by atoms with E-state index in [0.29, 0.717) is 23.2 Å². The highest BCUT2D eigenvalue weighted by molar-refractivity contribution is 9.10. The Morgan fingerprint density at radius 1 is 1.26 bits per heavy atom.